The number of para-hydroxylation sites is 1. The number of hydrogen-bond donors (Lipinski definition) is 1. The fraction of sp³-hybridized carbons (Fsp3) is 0.0625. The Labute approximate surface area is 111 Å². The highest BCUT2D eigenvalue weighted by atomic mass is 16.5. The van der Waals surface area contributed by atoms with E-state index < -0.39 is 0 Å². The van der Waals surface area contributed by atoms with E-state index >= 15 is 0 Å². The Bertz CT molecular complexity index is 692. The number of nitrogens with one attached hydrogen (secondary N) is 1. The molecule has 0 saturated carbocycles. The average Bonchev–Trinajstić information content (AvgIpc) is 2.48. The summed E-state index contributed by atoms with van der Waals surface area (Å²) in [5.74, 6) is 0.849. The molecular weight excluding hydrogens is 236 g/mol. The van der Waals surface area contributed by atoms with Crippen LogP contribution < -0.4 is 10.1 Å². The molecule has 1 aromatic heterocycles. The lowest BCUT2D eigenvalue weighted by atomic mass is 10.2. The minimum absolute atomic E-state index is 0.849. The second-order valence-corrected chi connectivity index (χ2v) is 4.27. The second kappa shape index (κ2) is 4.98. The minimum atomic E-state index is 0.849. The van der Waals surface area contributed by atoms with Crippen molar-refractivity contribution in [2.45, 2.75) is 0 Å². The third-order valence-electron chi connectivity index (χ3n) is 2.97. The Hall–Kier alpha value is -2.55. The first-order chi connectivity index (χ1) is 9.35. The van der Waals surface area contributed by atoms with Crippen molar-refractivity contribution < 1.29 is 4.74 Å². The smallest absolute Gasteiger partial charge is 0.119 e. The van der Waals surface area contributed by atoms with E-state index in [1.807, 2.05) is 48.7 Å². The Morgan fingerprint density at radius 2 is 1.74 bits per heavy atom. The van der Waals surface area contributed by atoms with Crippen LogP contribution in [0.25, 0.3) is 10.9 Å². The summed E-state index contributed by atoms with van der Waals surface area (Å²) in [6, 6.07) is 18.0. The zero-order valence-corrected chi connectivity index (χ0v) is 10.6. The summed E-state index contributed by atoms with van der Waals surface area (Å²) in [7, 11) is 1.66. The summed E-state index contributed by atoms with van der Waals surface area (Å²) in [5, 5.41) is 4.46. The predicted molar refractivity (Wildman–Crippen MR) is 78.0 cm³/mol. The quantitative estimate of drug-likeness (QED) is 0.763. The molecule has 0 saturated heterocycles. The minimum Gasteiger partial charge on any atom is -0.497 e. The van der Waals surface area contributed by atoms with Gasteiger partial charge in [0.2, 0.25) is 0 Å². The SMILES string of the molecule is COc1ccc(Nc2cnc3ccccc3c2)cc1. The molecule has 0 atom stereocenters. The van der Waals surface area contributed by atoms with E-state index in [1.165, 1.54) is 0 Å². The number of pyridine rings is 1. The molecule has 0 aliphatic carbocycles. The van der Waals surface area contributed by atoms with E-state index in [9.17, 15) is 0 Å². The van der Waals surface area contributed by atoms with Gasteiger partial charge in [0, 0.05) is 11.1 Å². The van der Waals surface area contributed by atoms with Gasteiger partial charge >= 0.3 is 0 Å². The van der Waals surface area contributed by atoms with Crippen molar-refractivity contribution in [1.82, 2.24) is 4.98 Å². The lowest BCUT2D eigenvalue weighted by molar-refractivity contribution is 0.415. The predicted octanol–water partition coefficient (Wildman–Crippen LogP) is 3.99. The zero-order chi connectivity index (χ0) is 13.1. The zero-order valence-electron chi connectivity index (χ0n) is 10.6. The van der Waals surface area contributed by atoms with E-state index in [0.717, 1.165) is 28.0 Å². The Kier molecular flexibility index (Phi) is 3.02. The normalized spacial score (nSPS) is 10.4. The number of benzene rings is 2. The molecule has 0 aliphatic heterocycles. The van der Waals surface area contributed by atoms with Crippen molar-refractivity contribution in [2.75, 3.05) is 12.4 Å². The lowest BCUT2D eigenvalue weighted by Crippen LogP contribution is -1.91. The van der Waals surface area contributed by atoms with Crippen molar-refractivity contribution in [1.29, 1.82) is 0 Å². The third-order valence-corrected chi connectivity index (χ3v) is 2.97. The van der Waals surface area contributed by atoms with Gasteiger partial charge in [-0.1, -0.05) is 18.2 Å². The van der Waals surface area contributed by atoms with Crippen LogP contribution in [-0.2, 0) is 0 Å². The first kappa shape index (κ1) is 11.5. The molecule has 3 aromatic rings. The Balaban J connectivity index is 1.87. The van der Waals surface area contributed by atoms with Gasteiger partial charge in [0.15, 0.2) is 0 Å². The molecule has 0 bridgehead atoms. The average molecular weight is 250 g/mol. The molecule has 1 heterocycles. The van der Waals surface area contributed by atoms with Gasteiger partial charge in [-0.15, -0.1) is 0 Å². The maximum Gasteiger partial charge on any atom is 0.119 e. The van der Waals surface area contributed by atoms with Crippen LogP contribution in [0.5, 0.6) is 5.75 Å². The molecule has 2 aromatic carbocycles. The number of fused-ring (bicyclic) bond motifs is 1. The van der Waals surface area contributed by atoms with Crippen LogP contribution in [-0.4, -0.2) is 12.1 Å². The molecular formula is C16H14N2O. The topological polar surface area (TPSA) is 34.1 Å². The van der Waals surface area contributed by atoms with Crippen molar-refractivity contribution in [3.8, 4) is 5.75 Å². The largest absolute Gasteiger partial charge is 0.497 e. The van der Waals surface area contributed by atoms with E-state index in [4.69, 9.17) is 4.74 Å². The summed E-state index contributed by atoms with van der Waals surface area (Å²) >= 11 is 0. The maximum atomic E-state index is 5.14. The molecule has 19 heavy (non-hydrogen) atoms. The van der Waals surface area contributed by atoms with Gasteiger partial charge in [-0.2, -0.15) is 0 Å². The Morgan fingerprint density at radius 1 is 0.947 bits per heavy atom. The number of ether oxygens (including phenoxy) is 1. The van der Waals surface area contributed by atoms with Crippen LogP contribution >= 0.6 is 0 Å². The van der Waals surface area contributed by atoms with E-state index in [1.54, 1.807) is 7.11 Å². The summed E-state index contributed by atoms with van der Waals surface area (Å²) in [4.78, 5) is 4.42. The van der Waals surface area contributed by atoms with Gasteiger partial charge in [-0.3, -0.25) is 4.98 Å². The highest BCUT2D eigenvalue weighted by Crippen LogP contribution is 2.22. The highest BCUT2D eigenvalue weighted by Gasteiger charge is 1.98. The lowest BCUT2D eigenvalue weighted by Gasteiger charge is -2.08. The van der Waals surface area contributed by atoms with Gasteiger partial charge in [0.05, 0.1) is 24.5 Å². The maximum absolute atomic E-state index is 5.14. The Morgan fingerprint density at radius 3 is 2.53 bits per heavy atom. The van der Waals surface area contributed by atoms with Gasteiger partial charge < -0.3 is 10.1 Å². The number of anilines is 2. The van der Waals surface area contributed by atoms with Crippen molar-refractivity contribution in [2.24, 2.45) is 0 Å². The number of rotatable bonds is 3. The van der Waals surface area contributed by atoms with Crippen LogP contribution in [0.15, 0.2) is 60.8 Å². The molecule has 1 N–H and O–H groups in total. The molecule has 0 fully saturated rings. The van der Waals surface area contributed by atoms with E-state index in [0.29, 0.717) is 0 Å². The molecule has 94 valence electrons. The van der Waals surface area contributed by atoms with Crippen LogP contribution in [0.2, 0.25) is 0 Å². The number of nitrogens with zero attached hydrogens (tertiary/aromatic N) is 1. The molecule has 0 unspecified atom stereocenters. The molecule has 0 radical (unpaired) electrons. The van der Waals surface area contributed by atoms with Gasteiger partial charge in [-0.05, 0) is 36.4 Å². The number of methoxy groups -OCH3 is 1. The molecule has 3 nitrogen and oxygen atoms in total. The van der Waals surface area contributed by atoms with Gasteiger partial charge in [0.1, 0.15) is 5.75 Å². The summed E-state index contributed by atoms with van der Waals surface area (Å²) in [5.41, 5.74) is 2.99. The monoisotopic (exact) mass is 250 g/mol. The molecule has 3 heteroatoms. The number of hydrogen-bond acceptors (Lipinski definition) is 3. The fourth-order valence-electron chi connectivity index (χ4n) is 1.98. The van der Waals surface area contributed by atoms with E-state index in [-0.39, 0.29) is 0 Å². The summed E-state index contributed by atoms with van der Waals surface area (Å²) < 4.78 is 5.14. The van der Waals surface area contributed by atoms with Crippen LogP contribution in [0.1, 0.15) is 0 Å². The highest BCUT2D eigenvalue weighted by molar-refractivity contribution is 5.82. The van der Waals surface area contributed by atoms with Crippen LogP contribution in [0.4, 0.5) is 11.4 Å². The van der Waals surface area contributed by atoms with Gasteiger partial charge in [-0.25, -0.2) is 0 Å². The van der Waals surface area contributed by atoms with Gasteiger partial charge in [0.25, 0.3) is 0 Å². The first-order valence-electron chi connectivity index (χ1n) is 6.11. The fourth-order valence-corrected chi connectivity index (χ4v) is 1.98. The number of aromatic nitrogens is 1. The molecule has 3 rings (SSSR count). The second-order valence-electron chi connectivity index (χ2n) is 4.27. The summed E-state index contributed by atoms with van der Waals surface area (Å²) in [6.45, 7) is 0. The van der Waals surface area contributed by atoms with Crippen molar-refractivity contribution in [3.63, 3.8) is 0 Å². The van der Waals surface area contributed by atoms with Crippen LogP contribution in [0.3, 0.4) is 0 Å². The van der Waals surface area contributed by atoms with Crippen LogP contribution in [0, 0.1) is 0 Å². The first-order valence-corrected chi connectivity index (χ1v) is 6.11. The van der Waals surface area contributed by atoms with Crippen molar-refractivity contribution in [3.05, 3.63) is 60.8 Å². The third kappa shape index (κ3) is 2.50. The molecule has 0 aliphatic rings. The standard InChI is InChI=1S/C16H14N2O/c1-19-15-8-6-13(7-9-15)18-14-10-12-4-2-3-5-16(12)17-11-14/h2-11,18H,1H3. The molecule has 0 amide bonds. The summed E-state index contributed by atoms with van der Waals surface area (Å²) in [6.07, 6.45) is 1.84. The van der Waals surface area contributed by atoms with E-state index in [2.05, 4.69) is 22.4 Å². The van der Waals surface area contributed by atoms with Crippen molar-refractivity contribution >= 4 is 22.3 Å². The molecule has 0 spiro atoms.